The van der Waals surface area contributed by atoms with Crippen LogP contribution in [-0.2, 0) is 4.79 Å². The number of amides is 1. The molecule has 0 fully saturated rings. The number of halogens is 4. The van der Waals surface area contributed by atoms with Gasteiger partial charge in [0.05, 0.1) is 0 Å². The van der Waals surface area contributed by atoms with Crippen molar-refractivity contribution in [3.63, 3.8) is 0 Å². The number of carbonyl (C=O) groups is 1. The Balaban J connectivity index is 2.63. The van der Waals surface area contributed by atoms with Gasteiger partial charge in [0.25, 0.3) is 0 Å². The first kappa shape index (κ1) is 20.8. The summed E-state index contributed by atoms with van der Waals surface area (Å²) in [5.41, 5.74) is 0.770. The number of carbonyl (C=O) groups excluding carboxylic acids is 1. The number of nitrogens with one attached hydrogen (secondary N) is 3. The minimum Gasteiger partial charge on any atom is -0.339 e. The summed E-state index contributed by atoms with van der Waals surface area (Å²) in [6.07, 6.45) is 1.10. The smallest absolute Gasteiger partial charge is 0.228 e. The first-order valence-electron chi connectivity index (χ1n) is 6.91. The van der Waals surface area contributed by atoms with Gasteiger partial charge in [0.15, 0.2) is 5.11 Å². The summed E-state index contributed by atoms with van der Waals surface area (Å²) in [4.78, 5) is 11.8. The third-order valence-electron chi connectivity index (χ3n) is 2.77. The van der Waals surface area contributed by atoms with Gasteiger partial charge < -0.3 is 16.0 Å². The minimum atomic E-state index is -1.74. The number of rotatable bonds is 6. The molecule has 0 saturated heterocycles. The molecule has 3 N–H and O–H groups in total. The molecule has 1 aromatic rings. The molecule has 1 aromatic carbocycles. The standard InChI is InChI=1S/C14H17BrCl3N3OS/c1-2-3-4-11(22)20-12(14(16,17)18)21-13(23)19-10-7-5-9(15)6-8-10/h5-8,12H,2-4H2,1H3,(H,20,22)(H2,19,21,23). The Morgan fingerprint density at radius 1 is 1.26 bits per heavy atom. The van der Waals surface area contributed by atoms with Crippen LogP contribution in [0.1, 0.15) is 26.2 Å². The predicted molar refractivity (Wildman–Crippen MR) is 105 cm³/mol. The Hall–Kier alpha value is -0.270. The van der Waals surface area contributed by atoms with Crippen LogP contribution in [0.25, 0.3) is 0 Å². The fourth-order valence-corrected chi connectivity index (χ4v) is 2.43. The Morgan fingerprint density at radius 3 is 2.39 bits per heavy atom. The van der Waals surface area contributed by atoms with Gasteiger partial charge in [-0.25, -0.2) is 0 Å². The molecule has 128 valence electrons. The summed E-state index contributed by atoms with van der Waals surface area (Å²) >= 11 is 26.3. The van der Waals surface area contributed by atoms with Crippen molar-refractivity contribution in [2.24, 2.45) is 0 Å². The number of benzene rings is 1. The maximum Gasteiger partial charge on any atom is 0.228 e. The first-order valence-corrected chi connectivity index (χ1v) is 9.25. The van der Waals surface area contributed by atoms with E-state index >= 15 is 0 Å². The van der Waals surface area contributed by atoms with Crippen LogP contribution in [0, 0.1) is 0 Å². The Labute approximate surface area is 164 Å². The van der Waals surface area contributed by atoms with Crippen molar-refractivity contribution in [2.45, 2.75) is 36.1 Å². The summed E-state index contributed by atoms with van der Waals surface area (Å²) in [5.74, 6) is -0.206. The third kappa shape index (κ3) is 8.40. The van der Waals surface area contributed by atoms with Crippen molar-refractivity contribution in [3.05, 3.63) is 28.7 Å². The highest BCUT2D eigenvalue weighted by Crippen LogP contribution is 2.29. The normalized spacial score (nSPS) is 12.4. The number of hydrogen-bond donors (Lipinski definition) is 3. The highest BCUT2D eigenvalue weighted by atomic mass is 79.9. The van der Waals surface area contributed by atoms with Crippen molar-refractivity contribution in [3.8, 4) is 0 Å². The molecule has 1 rings (SSSR count). The first-order chi connectivity index (χ1) is 10.7. The maximum absolute atomic E-state index is 11.8. The van der Waals surface area contributed by atoms with Crippen molar-refractivity contribution in [2.75, 3.05) is 5.32 Å². The fourth-order valence-electron chi connectivity index (χ4n) is 1.60. The lowest BCUT2D eigenvalue weighted by Gasteiger charge is -2.27. The summed E-state index contributed by atoms with van der Waals surface area (Å²) < 4.78 is -0.794. The topological polar surface area (TPSA) is 53.2 Å². The van der Waals surface area contributed by atoms with E-state index in [2.05, 4.69) is 31.9 Å². The third-order valence-corrected chi connectivity index (χ3v) is 4.17. The van der Waals surface area contributed by atoms with Gasteiger partial charge in [0.1, 0.15) is 6.17 Å². The zero-order valence-corrected chi connectivity index (χ0v) is 17.0. The lowest BCUT2D eigenvalue weighted by molar-refractivity contribution is -0.122. The molecule has 0 heterocycles. The van der Waals surface area contributed by atoms with Gasteiger partial charge in [-0.2, -0.15) is 0 Å². The molecule has 4 nitrogen and oxygen atoms in total. The van der Waals surface area contributed by atoms with E-state index in [9.17, 15) is 4.79 Å². The van der Waals surface area contributed by atoms with E-state index in [4.69, 9.17) is 47.0 Å². The Morgan fingerprint density at radius 2 is 1.87 bits per heavy atom. The molecule has 0 spiro atoms. The molecule has 1 unspecified atom stereocenters. The highest BCUT2D eigenvalue weighted by molar-refractivity contribution is 9.10. The second-order valence-electron chi connectivity index (χ2n) is 4.75. The lowest BCUT2D eigenvalue weighted by atomic mass is 10.2. The van der Waals surface area contributed by atoms with Crippen LogP contribution in [0.15, 0.2) is 28.7 Å². The molecule has 0 saturated carbocycles. The Bertz CT molecular complexity index is 537. The van der Waals surface area contributed by atoms with Crippen LogP contribution in [0.5, 0.6) is 0 Å². The average molecular weight is 462 g/mol. The van der Waals surface area contributed by atoms with Crippen molar-refractivity contribution >= 4 is 79.7 Å². The second-order valence-corrected chi connectivity index (χ2v) is 8.44. The molecule has 23 heavy (non-hydrogen) atoms. The summed E-state index contributed by atoms with van der Waals surface area (Å²) in [6.45, 7) is 2.00. The van der Waals surface area contributed by atoms with Crippen LogP contribution in [0.2, 0.25) is 0 Å². The molecule has 1 amide bonds. The lowest BCUT2D eigenvalue weighted by Crippen LogP contribution is -2.56. The van der Waals surface area contributed by atoms with Gasteiger partial charge in [-0.05, 0) is 42.9 Å². The minimum absolute atomic E-state index is 0.206. The number of unbranched alkanes of at least 4 members (excludes halogenated alkanes) is 1. The van der Waals surface area contributed by atoms with E-state index in [-0.39, 0.29) is 11.0 Å². The predicted octanol–water partition coefficient (Wildman–Crippen LogP) is 4.74. The van der Waals surface area contributed by atoms with E-state index < -0.39 is 9.96 Å². The molecular formula is C14H17BrCl3N3OS. The summed E-state index contributed by atoms with van der Waals surface area (Å²) in [5, 5.41) is 8.64. The van der Waals surface area contributed by atoms with E-state index in [1.165, 1.54) is 0 Å². The summed E-state index contributed by atoms with van der Waals surface area (Å²) in [7, 11) is 0. The van der Waals surface area contributed by atoms with Crippen LogP contribution in [0.4, 0.5) is 5.69 Å². The Kier molecular flexibility index (Phi) is 8.93. The molecule has 9 heteroatoms. The van der Waals surface area contributed by atoms with E-state index in [1.807, 2.05) is 31.2 Å². The zero-order valence-electron chi connectivity index (χ0n) is 12.3. The molecular weight excluding hydrogens is 445 g/mol. The fraction of sp³-hybridized carbons (Fsp3) is 0.429. The van der Waals surface area contributed by atoms with Crippen LogP contribution in [-0.4, -0.2) is 21.0 Å². The van der Waals surface area contributed by atoms with E-state index in [0.717, 1.165) is 23.0 Å². The van der Waals surface area contributed by atoms with Crippen molar-refractivity contribution < 1.29 is 4.79 Å². The van der Waals surface area contributed by atoms with Gasteiger partial charge in [-0.1, -0.05) is 64.1 Å². The van der Waals surface area contributed by atoms with Gasteiger partial charge in [0.2, 0.25) is 9.70 Å². The number of thiocarbonyl (C=S) groups is 1. The van der Waals surface area contributed by atoms with Gasteiger partial charge in [-0.3, -0.25) is 4.79 Å². The molecule has 0 aromatic heterocycles. The SMILES string of the molecule is CCCCC(=O)NC(NC(=S)Nc1ccc(Br)cc1)C(Cl)(Cl)Cl. The number of hydrogen-bond acceptors (Lipinski definition) is 2. The molecule has 0 aliphatic carbocycles. The largest absolute Gasteiger partial charge is 0.339 e. The highest BCUT2D eigenvalue weighted by Gasteiger charge is 2.34. The quantitative estimate of drug-likeness (QED) is 0.325. The van der Waals surface area contributed by atoms with Crippen LogP contribution >= 0.6 is 63.0 Å². The average Bonchev–Trinajstić information content (AvgIpc) is 2.46. The van der Waals surface area contributed by atoms with Crippen LogP contribution < -0.4 is 16.0 Å². The monoisotopic (exact) mass is 459 g/mol. The molecule has 0 aliphatic heterocycles. The zero-order chi connectivity index (χ0) is 17.5. The van der Waals surface area contributed by atoms with Gasteiger partial charge in [-0.15, -0.1) is 0 Å². The molecule has 0 radical (unpaired) electrons. The van der Waals surface area contributed by atoms with Crippen molar-refractivity contribution in [1.29, 1.82) is 0 Å². The molecule has 1 atom stereocenters. The molecule has 0 aliphatic rings. The number of anilines is 1. The molecule has 0 bridgehead atoms. The van der Waals surface area contributed by atoms with Gasteiger partial charge >= 0.3 is 0 Å². The van der Waals surface area contributed by atoms with Gasteiger partial charge in [0, 0.05) is 16.6 Å². The van der Waals surface area contributed by atoms with E-state index in [1.54, 1.807) is 0 Å². The number of alkyl halides is 3. The summed E-state index contributed by atoms with van der Waals surface area (Å²) in [6, 6.07) is 7.40. The van der Waals surface area contributed by atoms with E-state index in [0.29, 0.717) is 6.42 Å². The van der Waals surface area contributed by atoms with Crippen LogP contribution in [0.3, 0.4) is 0 Å². The van der Waals surface area contributed by atoms with Crippen molar-refractivity contribution in [1.82, 2.24) is 10.6 Å². The second kappa shape index (κ2) is 9.89. The maximum atomic E-state index is 11.8.